The molecule has 1 amide bonds. The third kappa shape index (κ3) is 3.38. The molecule has 0 unspecified atom stereocenters. The third-order valence-electron chi connectivity index (χ3n) is 3.18. The Morgan fingerprint density at radius 3 is 2.59 bits per heavy atom. The molecule has 0 bridgehead atoms. The van der Waals surface area contributed by atoms with Gasteiger partial charge in [-0.2, -0.15) is 0 Å². The highest BCUT2D eigenvalue weighted by Gasteiger charge is 2.24. The maximum Gasteiger partial charge on any atom is 0.415 e. The highest BCUT2D eigenvalue weighted by Crippen LogP contribution is 2.31. The van der Waals surface area contributed by atoms with Crippen molar-refractivity contribution in [3.8, 4) is 0 Å². The Kier molecular flexibility index (Phi) is 5.01. The summed E-state index contributed by atoms with van der Waals surface area (Å²) in [6.45, 7) is 0.472. The van der Waals surface area contributed by atoms with Crippen LogP contribution in [0.15, 0.2) is 59.6 Å². The second-order valence-corrected chi connectivity index (χ2v) is 4.72. The zero-order valence-electron chi connectivity index (χ0n) is 11.8. The van der Waals surface area contributed by atoms with Gasteiger partial charge in [-0.25, -0.2) is 9.79 Å². The van der Waals surface area contributed by atoms with Gasteiger partial charge in [0.2, 0.25) is 0 Å². The van der Waals surface area contributed by atoms with Crippen molar-refractivity contribution in [1.82, 2.24) is 0 Å². The molecule has 0 atom stereocenters. The number of anilines is 1. The van der Waals surface area contributed by atoms with E-state index in [0.717, 1.165) is 5.56 Å². The minimum absolute atomic E-state index is 0. The van der Waals surface area contributed by atoms with Gasteiger partial charge in [0.25, 0.3) is 0 Å². The third-order valence-corrected chi connectivity index (χ3v) is 3.18. The average molecular weight is 318 g/mol. The lowest BCUT2D eigenvalue weighted by Crippen LogP contribution is -2.40. The molecule has 0 aromatic heterocycles. The largest absolute Gasteiger partial charge is 0.444 e. The first-order chi connectivity index (χ1) is 10.2. The van der Waals surface area contributed by atoms with Crippen molar-refractivity contribution in [3.63, 3.8) is 0 Å². The Labute approximate surface area is 134 Å². The first kappa shape index (κ1) is 15.9. The summed E-state index contributed by atoms with van der Waals surface area (Å²) in [4.78, 5) is 18.0. The van der Waals surface area contributed by atoms with Crippen molar-refractivity contribution in [3.05, 3.63) is 60.2 Å². The lowest BCUT2D eigenvalue weighted by Gasteiger charge is -2.26. The van der Waals surface area contributed by atoms with Gasteiger partial charge in [-0.3, -0.25) is 4.90 Å². The van der Waals surface area contributed by atoms with Crippen LogP contribution in [0.5, 0.6) is 0 Å². The van der Waals surface area contributed by atoms with E-state index < -0.39 is 6.09 Å². The fraction of sp³-hybridized carbons (Fsp3) is 0.125. The van der Waals surface area contributed by atoms with Crippen molar-refractivity contribution in [1.29, 1.82) is 0 Å². The molecule has 0 saturated carbocycles. The molecular formula is C16H16ClN3O2. The Hall–Kier alpha value is -2.53. The molecule has 1 aliphatic rings. The number of carbonyl (C=O) groups is 1. The topological polar surface area (TPSA) is 67.9 Å². The van der Waals surface area contributed by atoms with Crippen LogP contribution in [0.25, 0.3) is 0 Å². The number of hydrogen-bond donors (Lipinski definition) is 1. The van der Waals surface area contributed by atoms with Crippen LogP contribution < -0.4 is 10.6 Å². The number of benzene rings is 2. The van der Waals surface area contributed by atoms with Crippen LogP contribution in [0, 0.1) is 0 Å². The van der Waals surface area contributed by atoms with Crippen LogP contribution in [0.1, 0.15) is 5.56 Å². The molecule has 114 valence electrons. The first-order valence-corrected chi connectivity index (χ1v) is 6.64. The molecule has 6 heteroatoms. The quantitative estimate of drug-likeness (QED) is 0.924. The number of carbonyl (C=O) groups excluding carboxylic acids is 1. The molecule has 1 heterocycles. The molecule has 2 aromatic rings. The van der Waals surface area contributed by atoms with Crippen LogP contribution in [0.2, 0.25) is 0 Å². The van der Waals surface area contributed by atoms with Crippen molar-refractivity contribution in [2.75, 3.05) is 11.4 Å². The van der Waals surface area contributed by atoms with Gasteiger partial charge in [0.15, 0.2) is 0 Å². The summed E-state index contributed by atoms with van der Waals surface area (Å²) in [6, 6.07) is 16.9. The summed E-state index contributed by atoms with van der Waals surface area (Å²) in [5.41, 5.74) is 8.12. The highest BCUT2D eigenvalue weighted by atomic mass is 35.5. The van der Waals surface area contributed by atoms with E-state index in [9.17, 15) is 4.79 Å². The van der Waals surface area contributed by atoms with Gasteiger partial charge in [0.1, 0.15) is 12.4 Å². The molecule has 0 spiro atoms. The number of rotatable bonds is 2. The first-order valence-electron chi connectivity index (χ1n) is 6.64. The SMILES string of the molecule is Cl.NC1=Nc2ccccc2N(C(=O)OCc2ccccc2)C1. The Bertz CT molecular complexity index is 689. The maximum atomic E-state index is 12.3. The summed E-state index contributed by atoms with van der Waals surface area (Å²) in [7, 11) is 0. The molecule has 5 nitrogen and oxygen atoms in total. The Balaban J connectivity index is 0.00000176. The van der Waals surface area contributed by atoms with Crippen molar-refractivity contribution in [2.24, 2.45) is 10.7 Å². The normalized spacial score (nSPS) is 12.7. The summed E-state index contributed by atoms with van der Waals surface area (Å²) in [5.74, 6) is 0.394. The van der Waals surface area contributed by atoms with Gasteiger partial charge in [-0.1, -0.05) is 42.5 Å². The fourth-order valence-electron chi connectivity index (χ4n) is 2.18. The smallest absolute Gasteiger partial charge is 0.415 e. The summed E-state index contributed by atoms with van der Waals surface area (Å²) >= 11 is 0. The van der Waals surface area contributed by atoms with E-state index in [0.29, 0.717) is 17.2 Å². The number of hydrogen-bond acceptors (Lipinski definition) is 4. The molecule has 0 radical (unpaired) electrons. The average Bonchev–Trinajstić information content (AvgIpc) is 2.52. The van der Waals surface area contributed by atoms with Crippen LogP contribution in [-0.4, -0.2) is 18.5 Å². The van der Waals surface area contributed by atoms with E-state index in [1.807, 2.05) is 54.6 Å². The maximum absolute atomic E-state index is 12.3. The van der Waals surface area contributed by atoms with E-state index in [-0.39, 0.29) is 25.6 Å². The lowest BCUT2D eigenvalue weighted by molar-refractivity contribution is 0.148. The molecule has 2 aromatic carbocycles. The van der Waals surface area contributed by atoms with Gasteiger partial charge >= 0.3 is 6.09 Å². The Morgan fingerprint density at radius 1 is 1.14 bits per heavy atom. The highest BCUT2D eigenvalue weighted by molar-refractivity contribution is 6.03. The molecule has 0 saturated heterocycles. The minimum atomic E-state index is -0.427. The van der Waals surface area contributed by atoms with Gasteiger partial charge in [-0.15, -0.1) is 12.4 Å². The summed E-state index contributed by atoms with van der Waals surface area (Å²) in [6.07, 6.45) is -0.427. The van der Waals surface area contributed by atoms with E-state index in [2.05, 4.69) is 4.99 Å². The fourth-order valence-corrected chi connectivity index (χ4v) is 2.18. The zero-order chi connectivity index (χ0) is 14.7. The molecule has 22 heavy (non-hydrogen) atoms. The standard InChI is InChI=1S/C16H15N3O2.ClH/c17-15-10-19(14-9-5-4-8-13(14)18-15)16(20)21-11-12-6-2-1-3-7-12;/h1-9H,10-11H2,(H2,17,18);1H. The number of nitrogens with two attached hydrogens (primary N) is 1. The number of amidine groups is 1. The number of para-hydroxylation sites is 2. The molecular weight excluding hydrogens is 302 g/mol. The second kappa shape index (κ2) is 6.95. The minimum Gasteiger partial charge on any atom is -0.444 e. The number of amides is 1. The zero-order valence-corrected chi connectivity index (χ0v) is 12.6. The summed E-state index contributed by atoms with van der Waals surface area (Å²) < 4.78 is 5.35. The van der Waals surface area contributed by atoms with Crippen LogP contribution in [-0.2, 0) is 11.3 Å². The predicted molar refractivity (Wildman–Crippen MR) is 88.9 cm³/mol. The van der Waals surface area contributed by atoms with Crippen LogP contribution in [0.4, 0.5) is 16.2 Å². The number of ether oxygens (including phenoxy) is 1. The van der Waals surface area contributed by atoms with E-state index in [1.54, 1.807) is 0 Å². The monoisotopic (exact) mass is 317 g/mol. The molecule has 0 fully saturated rings. The number of fused-ring (bicyclic) bond motifs is 1. The molecule has 0 aliphatic carbocycles. The van der Waals surface area contributed by atoms with Crippen molar-refractivity contribution < 1.29 is 9.53 Å². The number of halogens is 1. The molecule has 2 N–H and O–H groups in total. The number of aliphatic imine (C=N–C) groups is 1. The van der Waals surface area contributed by atoms with E-state index in [1.165, 1.54) is 4.90 Å². The van der Waals surface area contributed by atoms with E-state index >= 15 is 0 Å². The van der Waals surface area contributed by atoms with Crippen molar-refractivity contribution in [2.45, 2.75) is 6.61 Å². The molecule has 1 aliphatic heterocycles. The lowest BCUT2D eigenvalue weighted by atomic mass is 10.2. The predicted octanol–water partition coefficient (Wildman–Crippen LogP) is 3.25. The Morgan fingerprint density at radius 2 is 1.82 bits per heavy atom. The van der Waals surface area contributed by atoms with E-state index in [4.69, 9.17) is 10.5 Å². The number of nitrogens with zero attached hydrogens (tertiary/aromatic N) is 2. The molecule has 3 rings (SSSR count). The van der Waals surface area contributed by atoms with Crippen LogP contribution >= 0.6 is 12.4 Å². The van der Waals surface area contributed by atoms with Gasteiger partial charge in [-0.05, 0) is 17.7 Å². The van der Waals surface area contributed by atoms with Crippen molar-refractivity contribution >= 4 is 35.7 Å². The van der Waals surface area contributed by atoms with Gasteiger partial charge in [0, 0.05) is 0 Å². The second-order valence-electron chi connectivity index (χ2n) is 4.72. The van der Waals surface area contributed by atoms with Crippen LogP contribution in [0.3, 0.4) is 0 Å². The summed E-state index contributed by atoms with van der Waals surface area (Å²) in [5, 5.41) is 0. The van der Waals surface area contributed by atoms with Gasteiger partial charge in [0.05, 0.1) is 17.9 Å². The van der Waals surface area contributed by atoms with Gasteiger partial charge < -0.3 is 10.5 Å².